The van der Waals surface area contributed by atoms with Crippen LogP contribution < -0.4 is 10.8 Å². The highest BCUT2D eigenvalue weighted by Crippen LogP contribution is 2.23. The van der Waals surface area contributed by atoms with Gasteiger partial charge in [0.1, 0.15) is 6.04 Å². The van der Waals surface area contributed by atoms with Crippen molar-refractivity contribution in [2.24, 2.45) is 22.6 Å². The first-order chi connectivity index (χ1) is 20.7. The Labute approximate surface area is 257 Å². The number of rotatable bonds is 15. The van der Waals surface area contributed by atoms with Crippen LogP contribution in [0.25, 0.3) is 0 Å². The summed E-state index contributed by atoms with van der Waals surface area (Å²) in [7, 11) is 0. The minimum Gasteiger partial charge on any atom is -0.626 e. The molecule has 234 valence electrons. The van der Waals surface area contributed by atoms with E-state index in [0.717, 1.165) is 28.9 Å². The third-order valence-electron chi connectivity index (χ3n) is 8.13. The zero-order valence-electron chi connectivity index (χ0n) is 26.1. The smallest absolute Gasteiger partial charge is 0.335 e. The number of hydrogen-bond donors (Lipinski definition) is 2. The largest absolute Gasteiger partial charge is 0.626 e. The maximum atomic E-state index is 14.0. The van der Waals surface area contributed by atoms with Crippen LogP contribution in [0.5, 0.6) is 0 Å². The van der Waals surface area contributed by atoms with Crippen LogP contribution in [-0.2, 0) is 27.2 Å². The predicted octanol–water partition coefficient (Wildman–Crippen LogP) is 4.30. The lowest BCUT2D eigenvalue weighted by atomic mass is 9.89. The van der Waals surface area contributed by atoms with Crippen LogP contribution >= 0.6 is 0 Å². The fraction of sp³-hybridized carbons (Fsp3) is 0.543. The Morgan fingerprint density at radius 1 is 0.977 bits per heavy atom. The highest BCUT2D eigenvalue weighted by Gasteiger charge is 2.41. The van der Waals surface area contributed by atoms with E-state index in [2.05, 4.69) is 4.99 Å². The fourth-order valence-corrected chi connectivity index (χ4v) is 5.82. The summed E-state index contributed by atoms with van der Waals surface area (Å²) in [5.41, 5.74) is 8.13. The second kappa shape index (κ2) is 17.8. The van der Waals surface area contributed by atoms with Gasteiger partial charge in [-0.1, -0.05) is 107 Å². The molecule has 3 N–H and O–H groups in total. The third-order valence-corrected chi connectivity index (χ3v) is 8.13. The Kier molecular flexibility index (Phi) is 14.2. The molecule has 3 rings (SSSR count). The van der Waals surface area contributed by atoms with Gasteiger partial charge in [-0.2, -0.15) is 0 Å². The van der Waals surface area contributed by atoms with Gasteiger partial charge in [0.2, 0.25) is 11.8 Å². The molecule has 8 nitrogen and oxygen atoms in total. The number of amides is 3. The molecule has 3 amide bonds. The zero-order chi connectivity index (χ0) is 31.2. The van der Waals surface area contributed by atoms with Gasteiger partial charge in [-0.3, -0.25) is 19.5 Å². The molecule has 1 fully saturated rings. The van der Waals surface area contributed by atoms with Crippen LogP contribution in [0.2, 0.25) is 0 Å². The molecule has 1 saturated carbocycles. The molecule has 1 unspecified atom stereocenters. The van der Waals surface area contributed by atoms with Gasteiger partial charge in [0, 0.05) is 19.4 Å². The van der Waals surface area contributed by atoms with E-state index in [-0.39, 0.29) is 25.2 Å². The summed E-state index contributed by atoms with van der Waals surface area (Å²) in [5.74, 6) is -1.38. The Bertz CT molecular complexity index is 1160. The molecule has 1 aliphatic rings. The Morgan fingerprint density at radius 3 is 2.12 bits per heavy atom. The van der Waals surface area contributed by atoms with E-state index in [9.17, 15) is 19.6 Å². The number of nitrogens with two attached hydrogens (primary N) is 1. The molecule has 8 heteroatoms. The van der Waals surface area contributed by atoms with Crippen LogP contribution in [0.15, 0.2) is 65.7 Å². The number of hydrogen-bond acceptors (Lipinski definition) is 6. The van der Waals surface area contributed by atoms with E-state index < -0.39 is 40.9 Å². The van der Waals surface area contributed by atoms with E-state index in [1.54, 1.807) is 6.21 Å². The molecule has 0 heterocycles. The van der Waals surface area contributed by atoms with Gasteiger partial charge >= 0.3 is 5.91 Å². The Morgan fingerprint density at radius 2 is 1.56 bits per heavy atom. The van der Waals surface area contributed by atoms with E-state index in [0.29, 0.717) is 25.3 Å². The highest BCUT2D eigenvalue weighted by molar-refractivity contribution is 6.01. The summed E-state index contributed by atoms with van der Waals surface area (Å²) in [6.45, 7) is 6.27. The SMILES string of the molecule is CCC[C@@H](C(=O)[NH+]([O-])[C@H](C=NCC1CCCCC1)Cc1ccccc1)N(C(=O)CC(C)C)C(=O)[C@@H](N)Cc1ccccc1. The lowest BCUT2D eigenvalue weighted by molar-refractivity contribution is -0.782. The Balaban J connectivity index is 1.89. The van der Waals surface area contributed by atoms with Crippen molar-refractivity contribution in [3.05, 3.63) is 77.0 Å². The van der Waals surface area contributed by atoms with Crippen LogP contribution in [-0.4, -0.2) is 53.5 Å². The first-order valence-electron chi connectivity index (χ1n) is 16.0. The summed E-state index contributed by atoms with van der Waals surface area (Å²) in [5, 5.41) is 13.3. The van der Waals surface area contributed by atoms with E-state index in [4.69, 9.17) is 5.73 Å². The Hall–Kier alpha value is -3.20. The molecular weight excluding hydrogens is 540 g/mol. The average molecular weight is 591 g/mol. The minimum atomic E-state index is -1.21. The van der Waals surface area contributed by atoms with Crippen LogP contribution in [0.1, 0.15) is 83.3 Å². The number of benzene rings is 2. The number of carbonyl (C=O) groups is 3. The number of nitrogens with zero attached hydrogens (tertiary/aromatic N) is 2. The van der Waals surface area contributed by atoms with E-state index in [1.807, 2.05) is 81.4 Å². The van der Waals surface area contributed by atoms with E-state index in [1.165, 1.54) is 19.3 Å². The highest BCUT2D eigenvalue weighted by atomic mass is 16.5. The first-order valence-corrected chi connectivity index (χ1v) is 16.0. The maximum Gasteiger partial charge on any atom is 0.335 e. The number of imide groups is 1. The topological polar surface area (TPSA) is 120 Å². The molecule has 1 aliphatic carbocycles. The van der Waals surface area contributed by atoms with Gasteiger partial charge in [-0.25, -0.2) is 4.79 Å². The van der Waals surface area contributed by atoms with Crippen molar-refractivity contribution < 1.29 is 19.4 Å². The van der Waals surface area contributed by atoms with Crippen molar-refractivity contribution in [2.45, 2.75) is 103 Å². The van der Waals surface area contributed by atoms with Gasteiger partial charge < -0.3 is 16.0 Å². The average Bonchev–Trinajstić information content (AvgIpc) is 3.00. The van der Waals surface area contributed by atoms with Crippen molar-refractivity contribution in [3.8, 4) is 0 Å². The molecule has 2 aromatic rings. The minimum absolute atomic E-state index is 0.0426. The molecule has 0 saturated heterocycles. The predicted molar refractivity (Wildman–Crippen MR) is 171 cm³/mol. The van der Waals surface area contributed by atoms with Crippen molar-refractivity contribution in [1.29, 1.82) is 0 Å². The molecule has 2 aromatic carbocycles. The number of hydroxylamine groups is 2. The van der Waals surface area contributed by atoms with E-state index >= 15 is 0 Å². The second-order valence-electron chi connectivity index (χ2n) is 12.3. The summed E-state index contributed by atoms with van der Waals surface area (Å²) in [4.78, 5) is 47.1. The molecule has 0 spiro atoms. The lowest BCUT2D eigenvalue weighted by Gasteiger charge is -2.35. The third kappa shape index (κ3) is 10.8. The number of nitrogens with one attached hydrogen (secondary N) is 1. The summed E-state index contributed by atoms with van der Waals surface area (Å²) < 4.78 is 0. The second-order valence-corrected chi connectivity index (χ2v) is 12.3. The van der Waals surface area contributed by atoms with Crippen LogP contribution in [0.4, 0.5) is 0 Å². The molecule has 0 bridgehead atoms. The summed E-state index contributed by atoms with van der Waals surface area (Å²) >= 11 is 0. The molecule has 0 aromatic heterocycles. The molecule has 0 radical (unpaired) electrons. The van der Waals surface area contributed by atoms with Gasteiger partial charge in [0.15, 0.2) is 6.04 Å². The molecular formula is C35H50N4O4. The van der Waals surface area contributed by atoms with Crippen molar-refractivity contribution in [3.63, 3.8) is 0 Å². The van der Waals surface area contributed by atoms with Gasteiger partial charge in [0.25, 0.3) is 0 Å². The van der Waals surface area contributed by atoms with Crippen LogP contribution in [0, 0.1) is 17.0 Å². The number of aliphatic imine (C=N–C) groups is 1. The zero-order valence-corrected chi connectivity index (χ0v) is 26.1. The van der Waals surface area contributed by atoms with Gasteiger partial charge in [0.05, 0.1) is 12.3 Å². The standard InChI is InChI=1S/C35H50N4O4/c1-4-14-32(38(33(40)21-26(2)3)34(41)31(36)23-28-17-10-6-11-18-28)35(42)39(43)30(22-27-15-8-5-9-16-27)25-37-24-29-19-12-7-13-20-29/h5-6,8-11,15-18,25-26,29-32,39H,4,7,12-14,19-24,36H2,1-3H3/t30-,31-,32-/m0/s1. The fourth-order valence-electron chi connectivity index (χ4n) is 5.82. The van der Waals surface area contributed by atoms with Crippen molar-refractivity contribution in [2.75, 3.05) is 6.54 Å². The molecule has 43 heavy (non-hydrogen) atoms. The van der Waals surface area contributed by atoms with Gasteiger partial charge in [-0.15, -0.1) is 0 Å². The lowest BCUT2D eigenvalue weighted by Crippen LogP contribution is -3.16. The normalized spacial score (nSPS) is 17.0. The molecule has 4 atom stereocenters. The first kappa shape index (κ1) is 34.3. The summed E-state index contributed by atoms with van der Waals surface area (Å²) in [6, 6.07) is 15.9. The summed E-state index contributed by atoms with van der Waals surface area (Å²) in [6.07, 6.45) is 8.85. The van der Waals surface area contributed by atoms with Crippen molar-refractivity contribution in [1.82, 2.24) is 4.90 Å². The number of quaternary nitrogens is 1. The molecule has 0 aliphatic heterocycles. The quantitative estimate of drug-likeness (QED) is 0.237. The number of carbonyl (C=O) groups excluding carboxylic acids is 3. The van der Waals surface area contributed by atoms with Gasteiger partial charge in [-0.05, 0) is 48.6 Å². The van der Waals surface area contributed by atoms with Crippen molar-refractivity contribution >= 4 is 23.9 Å². The monoisotopic (exact) mass is 590 g/mol. The maximum absolute atomic E-state index is 14.0. The van der Waals surface area contributed by atoms with Crippen LogP contribution in [0.3, 0.4) is 0 Å².